The molecule has 0 radical (unpaired) electrons. The van der Waals surface area contributed by atoms with Crippen LogP contribution in [0.25, 0.3) is 0 Å². The third-order valence-corrected chi connectivity index (χ3v) is 9.90. The molecule has 0 spiro atoms. The van der Waals surface area contributed by atoms with Crippen molar-refractivity contribution in [2.45, 2.75) is 78.6 Å². The molecule has 1 aromatic rings. The van der Waals surface area contributed by atoms with Gasteiger partial charge in [-0.2, -0.15) is 0 Å². The quantitative estimate of drug-likeness (QED) is 0.598. The number of ketones is 1. The van der Waals surface area contributed by atoms with E-state index in [4.69, 9.17) is 0 Å². The zero-order valence-electron chi connectivity index (χ0n) is 21.0. The second kappa shape index (κ2) is 7.71. The molecular formula is C29H40N2O2. The second-order valence-corrected chi connectivity index (χ2v) is 12.7. The van der Waals surface area contributed by atoms with Gasteiger partial charge in [0.1, 0.15) is 0 Å². The van der Waals surface area contributed by atoms with Gasteiger partial charge in [0.2, 0.25) is 5.91 Å². The molecule has 4 heteroatoms. The number of rotatable bonds is 2. The Bertz CT molecular complexity index is 1010. The first-order valence-electron chi connectivity index (χ1n) is 12.9. The lowest BCUT2D eigenvalue weighted by Gasteiger charge is -2.58. The zero-order chi connectivity index (χ0) is 23.6. The molecule has 5 rings (SSSR count). The highest BCUT2D eigenvalue weighted by Crippen LogP contribution is 2.64. The molecule has 6 atom stereocenters. The van der Waals surface area contributed by atoms with E-state index in [1.165, 1.54) is 11.3 Å². The van der Waals surface area contributed by atoms with Crippen LogP contribution in [-0.4, -0.2) is 18.2 Å². The standard InChI is InChI=1S/C29H40N2O2/c1-27(2,3)22-8-6-7-9-24(22)31-26(33)23-11-10-20-19-17-30-25-16-18(32)12-14-29(25,5)21(19)13-15-28(20,23)4/h6-9,16,19-21,23,30H,10-15,17H2,1-5H3,(H,31,33)/t19?,20?,21?,23?,28-,29+/m0/s1. The van der Waals surface area contributed by atoms with Gasteiger partial charge in [0.05, 0.1) is 0 Å². The van der Waals surface area contributed by atoms with Crippen LogP contribution in [0.5, 0.6) is 0 Å². The van der Waals surface area contributed by atoms with Crippen LogP contribution in [0.1, 0.15) is 78.7 Å². The molecule has 0 bridgehead atoms. The predicted molar refractivity (Wildman–Crippen MR) is 133 cm³/mol. The maximum Gasteiger partial charge on any atom is 0.228 e. The summed E-state index contributed by atoms with van der Waals surface area (Å²) in [5.41, 5.74) is 3.45. The van der Waals surface area contributed by atoms with Gasteiger partial charge in [-0.15, -0.1) is 0 Å². The van der Waals surface area contributed by atoms with Crippen molar-refractivity contribution in [2.75, 3.05) is 11.9 Å². The zero-order valence-corrected chi connectivity index (χ0v) is 21.0. The van der Waals surface area contributed by atoms with Gasteiger partial charge in [-0.3, -0.25) is 9.59 Å². The number of allylic oxidation sites excluding steroid dienone is 2. The van der Waals surface area contributed by atoms with E-state index >= 15 is 0 Å². The molecule has 1 saturated heterocycles. The predicted octanol–water partition coefficient (Wildman–Crippen LogP) is 5.84. The molecule has 33 heavy (non-hydrogen) atoms. The van der Waals surface area contributed by atoms with E-state index in [2.05, 4.69) is 57.4 Å². The first-order valence-corrected chi connectivity index (χ1v) is 12.9. The van der Waals surface area contributed by atoms with Gasteiger partial charge >= 0.3 is 0 Å². The molecule has 1 heterocycles. The smallest absolute Gasteiger partial charge is 0.228 e. The van der Waals surface area contributed by atoms with Gasteiger partial charge < -0.3 is 10.6 Å². The Balaban J connectivity index is 1.37. The van der Waals surface area contributed by atoms with Crippen molar-refractivity contribution < 1.29 is 9.59 Å². The number of para-hydroxylation sites is 1. The summed E-state index contributed by atoms with van der Waals surface area (Å²) in [5.74, 6) is 2.29. The monoisotopic (exact) mass is 448 g/mol. The Kier molecular flexibility index (Phi) is 5.30. The maximum atomic E-state index is 13.7. The summed E-state index contributed by atoms with van der Waals surface area (Å²) in [6.45, 7) is 12.3. The SMILES string of the molecule is CC(C)(C)c1ccccc1NC(=O)C1CCC2C3CNC4=CC(=O)CC[C@]4(C)C3CC[C@]12C. The van der Waals surface area contributed by atoms with Crippen LogP contribution in [0.2, 0.25) is 0 Å². The molecule has 2 saturated carbocycles. The van der Waals surface area contributed by atoms with Gasteiger partial charge in [0.25, 0.3) is 0 Å². The summed E-state index contributed by atoms with van der Waals surface area (Å²) in [5, 5.41) is 7.01. The average Bonchev–Trinajstić information content (AvgIpc) is 3.11. The van der Waals surface area contributed by atoms with Crippen molar-refractivity contribution in [1.82, 2.24) is 5.32 Å². The molecule has 0 aromatic heterocycles. The highest BCUT2D eigenvalue weighted by atomic mass is 16.2. The Hall–Kier alpha value is -2.10. The summed E-state index contributed by atoms with van der Waals surface area (Å²) in [7, 11) is 0. The Labute approximate surface area is 199 Å². The van der Waals surface area contributed by atoms with Crippen molar-refractivity contribution in [1.29, 1.82) is 0 Å². The van der Waals surface area contributed by atoms with Crippen molar-refractivity contribution >= 4 is 17.4 Å². The Morgan fingerprint density at radius 2 is 1.82 bits per heavy atom. The maximum absolute atomic E-state index is 13.7. The minimum atomic E-state index is -0.0140. The van der Waals surface area contributed by atoms with Crippen LogP contribution < -0.4 is 10.6 Å². The number of amides is 1. The van der Waals surface area contributed by atoms with Crippen LogP contribution in [0.4, 0.5) is 5.69 Å². The fourth-order valence-corrected chi connectivity index (χ4v) is 8.04. The molecule has 4 nitrogen and oxygen atoms in total. The topological polar surface area (TPSA) is 58.2 Å². The van der Waals surface area contributed by atoms with E-state index in [-0.39, 0.29) is 33.9 Å². The number of hydrogen-bond donors (Lipinski definition) is 2. The van der Waals surface area contributed by atoms with Crippen LogP contribution in [0.15, 0.2) is 36.0 Å². The molecule has 1 amide bonds. The van der Waals surface area contributed by atoms with E-state index in [1.807, 2.05) is 18.2 Å². The number of hydrogen-bond acceptors (Lipinski definition) is 3. The summed E-state index contributed by atoms with van der Waals surface area (Å²) >= 11 is 0. The second-order valence-electron chi connectivity index (χ2n) is 12.7. The summed E-state index contributed by atoms with van der Waals surface area (Å²) in [6.07, 6.45) is 7.88. The van der Waals surface area contributed by atoms with Gasteiger partial charge in [-0.05, 0) is 72.3 Å². The van der Waals surface area contributed by atoms with Crippen molar-refractivity contribution in [3.63, 3.8) is 0 Å². The highest BCUT2D eigenvalue weighted by Gasteiger charge is 2.60. The molecule has 4 unspecified atom stereocenters. The number of nitrogens with one attached hydrogen (secondary N) is 2. The number of anilines is 1. The van der Waals surface area contributed by atoms with Gasteiger partial charge in [0, 0.05) is 41.8 Å². The van der Waals surface area contributed by atoms with E-state index in [1.54, 1.807) is 0 Å². The minimum absolute atomic E-state index is 0.0140. The third-order valence-electron chi connectivity index (χ3n) is 9.90. The first kappa shape index (κ1) is 22.7. The number of fused-ring (bicyclic) bond motifs is 5. The van der Waals surface area contributed by atoms with Crippen LogP contribution in [0.3, 0.4) is 0 Å². The van der Waals surface area contributed by atoms with E-state index in [9.17, 15) is 9.59 Å². The fourth-order valence-electron chi connectivity index (χ4n) is 8.04. The van der Waals surface area contributed by atoms with Crippen molar-refractivity contribution in [3.05, 3.63) is 41.6 Å². The lowest BCUT2D eigenvalue weighted by Crippen LogP contribution is -2.57. The van der Waals surface area contributed by atoms with Crippen LogP contribution >= 0.6 is 0 Å². The summed E-state index contributed by atoms with van der Waals surface area (Å²) in [6, 6.07) is 8.26. The van der Waals surface area contributed by atoms with E-state index in [0.29, 0.717) is 24.2 Å². The Morgan fingerprint density at radius 3 is 2.58 bits per heavy atom. The summed E-state index contributed by atoms with van der Waals surface area (Å²) in [4.78, 5) is 25.7. The van der Waals surface area contributed by atoms with Crippen molar-refractivity contribution in [3.8, 4) is 0 Å². The molecule has 2 N–H and O–H groups in total. The Morgan fingerprint density at radius 1 is 1.06 bits per heavy atom. The van der Waals surface area contributed by atoms with Crippen LogP contribution in [-0.2, 0) is 15.0 Å². The summed E-state index contributed by atoms with van der Waals surface area (Å²) < 4.78 is 0. The van der Waals surface area contributed by atoms with Gasteiger partial charge in [0.15, 0.2) is 5.78 Å². The lowest BCUT2D eigenvalue weighted by atomic mass is 9.50. The molecule has 4 aliphatic rings. The highest BCUT2D eigenvalue weighted by molar-refractivity contribution is 5.94. The first-order chi connectivity index (χ1) is 15.5. The number of benzene rings is 1. The largest absolute Gasteiger partial charge is 0.387 e. The van der Waals surface area contributed by atoms with E-state index < -0.39 is 0 Å². The molecule has 1 aliphatic heterocycles. The molecule has 178 valence electrons. The normalized spacial score (nSPS) is 37.8. The average molecular weight is 449 g/mol. The molecule has 3 fully saturated rings. The van der Waals surface area contributed by atoms with Crippen molar-refractivity contribution in [2.24, 2.45) is 34.5 Å². The molecule has 1 aromatic carbocycles. The molecular weight excluding hydrogens is 408 g/mol. The van der Waals surface area contributed by atoms with Gasteiger partial charge in [-0.25, -0.2) is 0 Å². The van der Waals surface area contributed by atoms with Crippen LogP contribution in [0, 0.1) is 34.5 Å². The number of carbonyl (C=O) groups excluding carboxylic acids is 2. The fraction of sp³-hybridized carbons (Fsp3) is 0.655. The number of piperidine rings is 1. The molecule has 3 aliphatic carbocycles. The minimum Gasteiger partial charge on any atom is -0.387 e. The lowest BCUT2D eigenvalue weighted by molar-refractivity contribution is -0.127. The number of carbonyl (C=O) groups is 2. The third kappa shape index (κ3) is 3.56. The van der Waals surface area contributed by atoms with E-state index in [0.717, 1.165) is 44.3 Å². The van der Waals surface area contributed by atoms with Gasteiger partial charge in [-0.1, -0.05) is 52.8 Å².